The molecule has 0 aliphatic heterocycles. The number of carbonyl (C=O) groups is 1. The third-order valence-corrected chi connectivity index (χ3v) is 5.67. The van der Waals surface area contributed by atoms with Crippen molar-refractivity contribution in [2.24, 2.45) is 17.4 Å². The summed E-state index contributed by atoms with van der Waals surface area (Å²) in [5.41, 5.74) is 15.5. The first-order valence-corrected chi connectivity index (χ1v) is 10.2. The fourth-order valence-corrected chi connectivity index (χ4v) is 3.66. The number of aromatic amines is 1. The van der Waals surface area contributed by atoms with Crippen LogP contribution in [0.1, 0.15) is 37.6 Å². The predicted molar refractivity (Wildman–Crippen MR) is 115 cm³/mol. The third-order valence-electron chi connectivity index (χ3n) is 5.67. The Hall–Kier alpha value is -2.41. The zero-order chi connectivity index (χ0) is 20.4. The van der Waals surface area contributed by atoms with E-state index in [4.69, 9.17) is 11.5 Å². The Morgan fingerprint density at radius 1 is 1.10 bits per heavy atom. The van der Waals surface area contributed by atoms with Gasteiger partial charge in [-0.05, 0) is 67.0 Å². The molecule has 1 heterocycles. The Morgan fingerprint density at radius 2 is 1.80 bits per heavy atom. The smallest absolute Gasteiger partial charge is 1.00 e. The topological polar surface area (TPSA) is 96.9 Å². The number of nitrogens with one attached hydrogen (secondary N) is 2. The molecule has 1 aliphatic rings. The van der Waals surface area contributed by atoms with Crippen molar-refractivity contribution in [2.45, 2.75) is 37.8 Å². The average Bonchev–Trinajstić information content (AvgIpc) is 3.49. The van der Waals surface area contributed by atoms with Crippen LogP contribution in [0, 0.1) is 11.7 Å². The van der Waals surface area contributed by atoms with Crippen LogP contribution in [0.25, 0.3) is 22.0 Å². The lowest BCUT2D eigenvalue weighted by atomic mass is 10.0. The summed E-state index contributed by atoms with van der Waals surface area (Å²) >= 11 is 0. The summed E-state index contributed by atoms with van der Waals surface area (Å²) in [6.45, 7) is 0.423. The quantitative estimate of drug-likeness (QED) is 0.422. The Balaban J connectivity index is 0.00000171. The minimum atomic E-state index is -0.263. The molecule has 4 rings (SSSR count). The van der Waals surface area contributed by atoms with Crippen LogP contribution in [0.15, 0.2) is 48.5 Å². The Morgan fingerprint density at radius 3 is 2.50 bits per heavy atom. The van der Waals surface area contributed by atoms with Crippen molar-refractivity contribution < 1.29 is 23.0 Å². The van der Waals surface area contributed by atoms with Crippen LogP contribution in [0.3, 0.4) is 0 Å². The number of benzene rings is 2. The monoisotopic (exact) mass is 430 g/mol. The molecule has 160 valence electrons. The molecule has 30 heavy (non-hydrogen) atoms. The van der Waals surface area contributed by atoms with Crippen LogP contribution in [0.4, 0.5) is 4.39 Å². The van der Waals surface area contributed by atoms with Gasteiger partial charge in [-0.2, -0.15) is 0 Å². The van der Waals surface area contributed by atoms with E-state index in [9.17, 15) is 9.18 Å². The molecular formula is C23H28ClFN4O. The van der Waals surface area contributed by atoms with E-state index in [-0.39, 0.29) is 37.6 Å². The molecule has 2 aromatic carbocycles. The minimum Gasteiger partial charge on any atom is -1.00 e. The second-order valence-electron chi connectivity index (χ2n) is 8.04. The highest BCUT2D eigenvalue weighted by Crippen LogP contribution is 2.33. The fraction of sp³-hybridized carbons (Fsp3) is 0.348. The summed E-state index contributed by atoms with van der Waals surface area (Å²) in [6, 6.07) is 14.2. The number of aromatic nitrogens is 1. The fourth-order valence-electron chi connectivity index (χ4n) is 3.66. The van der Waals surface area contributed by atoms with Crippen molar-refractivity contribution in [3.05, 3.63) is 60.0 Å². The van der Waals surface area contributed by atoms with Gasteiger partial charge in [0.25, 0.3) is 5.91 Å². The SMILES string of the molecule is NC(CC[C@H](N)CNC(=O)c1cc2ccc(-c3ccc(F)cc3)cc2[nH]1)C1CC1.[Cl-].[H+]. The number of nitrogens with two attached hydrogens (primary N) is 2. The van der Waals surface area contributed by atoms with Crippen LogP contribution in [-0.2, 0) is 0 Å². The van der Waals surface area contributed by atoms with Crippen molar-refractivity contribution >= 4 is 16.8 Å². The van der Waals surface area contributed by atoms with E-state index in [1.165, 1.54) is 25.0 Å². The number of hydrogen-bond acceptors (Lipinski definition) is 3. The third kappa shape index (κ3) is 5.39. The molecule has 1 fully saturated rings. The van der Waals surface area contributed by atoms with Gasteiger partial charge >= 0.3 is 1.43 Å². The van der Waals surface area contributed by atoms with Gasteiger partial charge in [0.1, 0.15) is 11.5 Å². The number of H-pyrrole nitrogens is 1. The van der Waals surface area contributed by atoms with E-state index in [1.54, 1.807) is 12.1 Å². The number of halogens is 2. The highest BCUT2D eigenvalue weighted by molar-refractivity contribution is 5.98. The first kappa shape index (κ1) is 22.3. The summed E-state index contributed by atoms with van der Waals surface area (Å²) in [4.78, 5) is 15.7. The van der Waals surface area contributed by atoms with Crippen LogP contribution >= 0.6 is 0 Å². The van der Waals surface area contributed by atoms with Gasteiger partial charge in [0.2, 0.25) is 0 Å². The molecule has 6 N–H and O–H groups in total. The molecule has 0 spiro atoms. The molecule has 5 nitrogen and oxygen atoms in total. The van der Waals surface area contributed by atoms with Gasteiger partial charge in [-0.3, -0.25) is 4.79 Å². The molecule has 2 atom stereocenters. The zero-order valence-electron chi connectivity index (χ0n) is 17.7. The second kappa shape index (κ2) is 9.60. The molecule has 1 aromatic heterocycles. The van der Waals surface area contributed by atoms with Crippen molar-refractivity contribution in [2.75, 3.05) is 6.54 Å². The lowest BCUT2D eigenvalue weighted by molar-refractivity contribution is -0.0000148. The molecule has 1 amide bonds. The Kier molecular flexibility index (Phi) is 7.13. The van der Waals surface area contributed by atoms with Crippen molar-refractivity contribution in [3.63, 3.8) is 0 Å². The van der Waals surface area contributed by atoms with Gasteiger partial charge in [0.15, 0.2) is 0 Å². The summed E-state index contributed by atoms with van der Waals surface area (Å²) in [7, 11) is 0. The summed E-state index contributed by atoms with van der Waals surface area (Å²) in [6.07, 6.45) is 4.18. The number of carbonyl (C=O) groups excluding carboxylic acids is 1. The largest absolute Gasteiger partial charge is 1.00 e. The van der Waals surface area contributed by atoms with Crippen LogP contribution in [0.5, 0.6) is 0 Å². The zero-order valence-corrected chi connectivity index (χ0v) is 17.5. The van der Waals surface area contributed by atoms with E-state index < -0.39 is 0 Å². The molecule has 0 saturated heterocycles. The first-order chi connectivity index (χ1) is 14.0. The highest BCUT2D eigenvalue weighted by Gasteiger charge is 2.28. The predicted octanol–water partition coefficient (Wildman–Crippen LogP) is 0.665. The average molecular weight is 431 g/mol. The molecule has 1 unspecified atom stereocenters. The molecule has 0 bridgehead atoms. The van der Waals surface area contributed by atoms with Crippen molar-refractivity contribution in [3.8, 4) is 11.1 Å². The van der Waals surface area contributed by atoms with Gasteiger partial charge in [0.05, 0.1) is 0 Å². The maximum Gasteiger partial charge on any atom is 1.00 e. The van der Waals surface area contributed by atoms with E-state index in [0.29, 0.717) is 18.2 Å². The normalized spacial score (nSPS) is 15.4. The molecule has 7 heteroatoms. The van der Waals surface area contributed by atoms with Crippen molar-refractivity contribution in [1.82, 2.24) is 10.3 Å². The number of amides is 1. The highest BCUT2D eigenvalue weighted by atomic mass is 35.5. The van der Waals surface area contributed by atoms with E-state index in [0.717, 1.165) is 34.9 Å². The molecular weight excluding hydrogens is 403 g/mol. The van der Waals surface area contributed by atoms with Crippen LogP contribution in [-0.4, -0.2) is 29.5 Å². The van der Waals surface area contributed by atoms with Gasteiger partial charge in [-0.1, -0.05) is 24.3 Å². The summed E-state index contributed by atoms with van der Waals surface area (Å²) in [5, 5.41) is 3.85. The summed E-state index contributed by atoms with van der Waals surface area (Å²) < 4.78 is 13.1. The summed E-state index contributed by atoms with van der Waals surface area (Å²) in [5.74, 6) is 0.232. The van der Waals surface area contributed by atoms with E-state index >= 15 is 0 Å². The number of fused-ring (bicyclic) bond motifs is 1. The molecule has 0 radical (unpaired) electrons. The Bertz CT molecular complexity index is 1010. The first-order valence-electron chi connectivity index (χ1n) is 10.2. The van der Waals surface area contributed by atoms with Gasteiger partial charge in [0, 0.05) is 29.5 Å². The lowest BCUT2D eigenvalue weighted by Gasteiger charge is -2.15. The maximum absolute atomic E-state index is 13.1. The standard InChI is InChI=1S/C23H27FN4O.ClH/c24-18-7-5-14(6-8-18)16-3-4-17-12-22(28-21(17)11-16)23(29)27-13-19(25)9-10-20(26)15-1-2-15;/h3-8,11-12,15,19-20,28H,1-2,9-10,13,25-26H2,(H,27,29);1H/t19-,20?;/m0./s1. The van der Waals surface area contributed by atoms with Crippen LogP contribution < -0.4 is 29.2 Å². The number of hydrogen-bond donors (Lipinski definition) is 4. The minimum absolute atomic E-state index is 0. The van der Waals surface area contributed by atoms with Crippen molar-refractivity contribution in [1.29, 1.82) is 0 Å². The number of rotatable bonds is 8. The molecule has 3 aromatic rings. The van der Waals surface area contributed by atoms with E-state index in [2.05, 4.69) is 10.3 Å². The molecule has 1 saturated carbocycles. The van der Waals surface area contributed by atoms with Crippen LogP contribution in [0.2, 0.25) is 0 Å². The lowest BCUT2D eigenvalue weighted by Crippen LogP contribution is -3.00. The second-order valence-corrected chi connectivity index (χ2v) is 8.04. The molecule has 1 aliphatic carbocycles. The maximum atomic E-state index is 13.1. The van der Waals surface area contributed by atoms with Gasteiger partial charge in [-0.15, -0.1) is 0 Å². The van der Waals surface area contributed by atoms with Gasteiger partial charge < -0.3 is 34.2 Å². The van der Waals surface area contributed by atoms with Gasteiger partial charge in [-0.25, -0.2) is 4.39 Å². The van der Waals surface area contributed by atoms with E-state index in [1.807, 2.05) is 24.3 Å². The Labute approximate surface area is 183 Å².